The van der Waals surface area contributed by atoms with Crippen molar-refractivity contribution in [3.05, 3.63) is 58.4 Å². The number of hydrogen-bond donors (Lipinski definition) is 1. The maximum atomic E-state index is 13.9. The van der Waals surface area contributed by atoms with Gasteiger partial charge in [-0.1, -0.05) is 17.7 Å². The van der Waals surface area contributed by atoms with Gasteiger partial charge in [-0.2, -0.15) is 0 Å². The van der Waals surface area contributed by atoms with Gasteiger partial charge in [-0.05, 0) is 55.3 Å². The van der Waals surface area contributed by atoms with Crippen LogP contribution in [-0.2, 0) is 0 Å². The molecule has 1 atom stereocenters. The molecule has 0 aliphatic carbocycles. The lowest BCUT2D eigenvalue weighted by Gasteiger charge is -2.11. The summed E-state index contributed by atoms with van der Waals surface area (Å²) in [5, 5.41) is 0.653. The zero-order valence-corrected chi connectivity index (χ0v) is 11.5. The normalized spacial score (nSPS) is 12.3. The molecule has 100 valence electrons. The van der Waals surface area contributed by atoms with E-state index in [2.05, 4.69) is 0 Å². The number of hydrogen-bond acceptors (Lipinski definition) is 2. The van der Waals surface area contributed by atoms with Crippen molar-refractivity contribution in [2.75, 3.05) is 0 Å². The molecule has 2 N–H and O–H groups in total. The summed E-state index contributed by atoms with van der Waals surface area (Å²) >= 11 is 5.93. The molecule has 0 amide bonds. The summed E-state index contributed by atoms with van der Waals surface area (Å²) in [5.41, 5.74) is 7.31. The zero-order valence-electron chi connectivity index (χ0n) is 10.8. The Morgan fingerprint density at radius 3 is 2.53 bits per heavy atom. The Morgan fingerprint density at radius 2 is 1.95 bits per heavy atom. The summed E-state index contributed by atoms with van der Waals surface area (Å²) in [6.07, 6.45) is 0. The lowest BCUT2D eigenvalue weighted by molar-refractivity contribution is 0.441. The Labute approximate surface area is 117 Å². The fraction of sp³-hybridized carbons (Fsp3) is 0.200. The molecule has 0 fully saturated rings. The highest BCUT2D eigenvalue weighted by molar-refractivity contribution is 6.31. The third-order valence-electron chi connectivity index (χ3n) is 2.84. The van der Waals surface area contributed by atoms with Crippen molar-refractivity contribution >= 4 is 11.6 Å². The van der Waals surface area contributed by atoms with Gasteiger partial charge in [-0.25, -0.2) is 4.39 Å². The van der Waals surface area contributed by atoms with Crippen LogP contribution in [0.5, 0.6) is 11.5 Å². The van der Waals surface area contributed by atoms with Crippen LogP contribution < -0.4 is 10.5 Å². The molecule has 1 unspecified atom stereocenters. The fourth-order valence-corrected chi connectivity index (χ4v) is 1.81. The van der Waals surface area contributed by atoms with Crippen LogP contribution in [0.4, 0.5) is 4.39 Å². The van der Waals surface area contributed by atoms with Gasteiger partial charge in [0.05, 0.1) is 0 Å². The topological polar surface area (TPSA) is 35.2 Å². The van der Waals surface area contributed by atoms with Crippen molar-refractivity contribution in [2.45, 2.75) is 19.9 Å². The first kappa shape index (κ1) is 13.8. The van der Waals surface area contributed by atoms with E-state index in [9.17, 15) is 4.39 Å². The summed E-state index contributed by atoms with van der Waals surface area (Å²) in [5.74, 6) is 0.294. The molecule has 0 bridgehead atoms. The number of nitrogens with two attached hydrogens (primary N) is 1. The van der Waals surface area contributed by atoms with Crippen molar-refractivity contribution in [2.24, 2.45) is 5.73 Å². The van der Waals surface area contributed by atoms with E-state index in [-0.39, 0.29) is 11.8 Å². The van der Waals surface area contributed by atoms with E-state index in [1.807, 2.05) is 6.92 Å². The summed E-state index contributed by atoms with van der Waals surface area (Å²) < 4.78 is 19.4. The SMILES string of the molecule is Cc1cc(Oc2ccc(C(C)N)cc2F)ccc1Cl. The maximum absolute atomic E-state index is 13.9. The quantitative estimate of drug-likeness (QED) is 0.891. The van der Waals surface area contributed by atoms with Crippen LogP contribution in [-0.4, -0.2) is 0 Å². The molecule has 0 radical (unpaired) electrons. The Balaban J connectivity index is 2.25. The molecule has 2 nitrogen and oxygen atoms in total. The molecule has 0 aromatic heterocycles. The van der Waals surface area contributed by atoms with Crippen LogP contribution in [0.15, 0.2) is 36.4 Å². The van der Waals surface area contributed by atoms with Crippen molar-refractivity contribution in [3.63, 3.8) is 0 Å². The molecular formula is C15H15ClFNO. The third-order valence-corrected chi connectivity index (χ3v) is 3.26. The minimum Gasteiger partial charge on any atom is -0.454 e. The molecule has 0 aliphatic heterocycles. The highest BCUT2D eigenvalue weighted by atomic mass is 35.5. The molecule has 0 spiro atoms. The predicted octanol–water partition coefficient (Wildman–Crippen LogP) is 4.60. The number of benzene rings is 2. The highest BCUT2D eigenvalue weighted by Crippen LogP contribution is 2.28. The van der Waals surface area contributed by atoms with E-state index < -0.39 is 5.82 Å². The molecule has 19 heavy (non-hydrogen) atoms. The Kier molecular flexibility index (Phi) is 4.08. The van der Waals surface area contributed by atoms with Gasteiger partial charge in [0.2, 0.25) is 0 Å². The highest BCUT2D eigenvalue weighted by Gasteiger charge is 2.09. The minimum absolute atomic E-state index is 0.172. The summed E-state index contributed by atoms with van der Waals surface area (Å²) in [6.45, 7) is 3.67. The number of halogens is 2. The van der Waals surface area contributed by atoms with Gasteiger partial charge in [-0.15, -0.1) is 0 Å². The average molecular weight is 280 g/mol. The molecule has 2 aromatic carbocycles. The summed E-state index contributed by atoms with van der Waals surface area (Å²) in [6, 6.07) is 9.71. The van der Waals surface area contributed by atoms with Crippen LogP contribution in [0, 0.1) is 12.7 Å². The fourth-order valence-electron chi connectivity index (χ4n) is 1.69. The van der Waals surface area contributed by atoms with Crippen LogP contribution in [0.2, 0.25) is 5.02 Å². The molecule has 0 heterocycles. The Bertz CT molecular complexity index is 599. The summed E-state index contributed by atoms with van der Waals surface area (Å²) in [7, 11) is 0. The van der Waals surface area contributed by atoms with Gasteiger partial charge in [0, 0.05) is 11.1 Å². The lowest BCUT2D eigenvalue weighted by atomic mass is 10.1. The van der Waals surface area contributed by atoms with Gasteiger partial charge in [-0.3, -0.25) is 0 Å². The van der Waals surface area contributed by atoms with E-state index in [1.54, 1.807) is 37.3 Å². The Morgan fingerprint density at radius 1 is 1.21 bits per heavy atom. The molecule has 0 saturated heterocycles. The molecule has 2 rings (SSSR count). The van der Waals surface area contributed by atoms with E-state index in [4.69, 9.17) is 22.1 Å². The first-order valence-corrected chi connectivity index (χ1v) is 6.34. The van der Waals surface area contributed by atoms with Crippen LogP contribution in [0.25, 0.3) is 0 Å². The van der Waals surface area contributed by atoms with E-state index >= 15 is 0 Å². The maximum Gasteiger partial charge on any atom is 0.166 e. The van der Waals surface area contributed by atoms with Gasteiger partial charge < -0.3 is 10.5 Å². The van der Waals surface area contributed by atoms with E-state index in [0.29, 0.717) is 10.8 Å². The molecule has 0 saturated carbocycles. The lowest BCUT2D eigenvalue weighted by Crippen LogP contribution is -2.05. The van der Waals surface area contributed by atoms with E-state index in [1.165, 1.54) is 6.07 Å². The molecule has 0 aliphatic rings. The van der Waals surface area contributed by atoms with Gasteiger partial charge >= 0.3 is 0 Å². The van der Waals surface area contributed by atoms with Gasteiger partial charge in [0.25, 0.3) is 0 Å². The van der Waals surface area contributed by atoms with Gasteiger partial charge in [0.1, 0.15) is 5.75 Å². The molecule has 4 heteroatoms. The predicted molar refractivity (Wildman–Crippen MR) is 75.3 cm³/mol. The van der Waals surface area contributed by atoms with Crippen molar-refractivity contribution in [1.82, 2.24) is 0 Å². The first-order chi connectivity index (χ1) is 8.97. The monoisotopic (exact) mass is 279 g/mol. The number of rotatable bonds is 3. The van der Waals surface area contributed by atoms with Crippen molar-refractivity contribution in [1.29, 1.82) is 0 Å². The van der Waals surface area contributed by atoms with Crippen molar-refractivity contribution in [3.8, 4) is 11.5 Å². The smallest absolute Gasteiger partial charge is 0.166 e. The third kappa shape index (κ3) is 3.25. The van der Waals surface area contributed by atoms with E-state index in [0.717, 1.165) is 11.1 Å². The van der Waals surface area contributed by atoms with Gasteiger partial charge in [0.15, 0.2) is 11.6 Å². The number of aryl methyl sites for hydroxylation is 1. The van der Waals surface area contributed by atoms with Crippen LogP contribution in [0.1, 0.15) is 24.1 Å². The zero-order chi connectivity index (χ0) is 14.0. The minimum atomic E-state index is -0.428. The average Bonchev–Trinajstić information content (AvgIpc) is 2.36. The van der Waals surface area contributed by atoms with Crippen LogP contribution in [0.3, 0.4) is 0 Å². The second kappa shape index (κ2) is 5.59. The summed E-state index contributed by atoms with van der Waals surface area (Å²) in [4.78, 5) is 0. The second-order valence-electron chi connectivity index (χ2n) is 4.49. The first-order valence-electron chi connectivity index (χ1n) is 5.96. The van der Waals surface area contributed by atoms with Crippen molar-refractivity contribution < 1.29 is 9.13 Å². The standard InChI is InChI=1S/C15H15ClFNO/c1-9-7-12(4-5-13(9)16)19-15-6-3-11(10(2)18)8-14(15)17/h3-8,10H,18H2,1-2H3. The number of ether oxygens (including phenoxy) is 1. The Hall–Kier alpha value is -1.58. The largest absolute Gasteiger partial charge is 0.454 e. The van der Waals surface area contributed by atoms with Crippen LogP contribution >= 0.6 is 11.6 Å². The second-order valence-corrected chi connectivity index (χ2v) is 4.90. The molecule has 2 aromatic rings. The molecular weight excluding hydrogens is 265 g/mol.